The van der Waals surface area contributed by atoms with Gasteiger partial charge in [-0.15, -0.1) is 0 Å². The molecule has 6 heteroatoms. The Morgan fingerprint density at radius 1 is 1.04 bits per heavy atom. The van der Waals surface area contributed by atoms with Gasteiger partial charge in [-0.25, -0.2) is 9.67 Å². The SMILES string of the molecule is CC(C)C[C@H]1c2nc(C3CC3)nn2CCN1C(=O)CC1CCN(C(C)C)CC1. The van der Waals surface area contributed by atoms with Crippen molar-refractivity contribution in [2.75, 3.05) is 19.6 Å². The van der Waals surface area contributed by atoms with Crippen molar-refractivity contribution in [3.8, 4) is 0 Å². The van der Waals surface area contributed by atoms with Crippen LogP contribution in [-0.2, 0) is 11.3 Å². The van der Waals surface area contributed by atoms with Crippen LogP contribution in [0.3, 0.4) is 0 Å². The highest BCUT2D eigenvalue weighted by atomic mass is 16.2. The lowest BCUT2D eigenvalue weighted by molar-refractivity contribution is -0.136. The molecule has 1 aromatic rings. The summed E-state index contributed by atoms with van der Waals surface area (Å²) in [5, 5.41) is 4.77. The van der Waals surface area contributed by atoms with E-state index < -0.39 is 0 Å². The van der Waals surface area contributed by atoms with Crippen molar-refractivity contribution in [1.82, 2.24) is 24.6 Å². The van der Waals surface area contributed by atoms with Crippen molar-refractivity contribution in [3.05, 3.63) is 11.6 Å². The topological polar surface area (TPSA) is 54.3 Å². The number of hydrogen-bond donors (Lipinski definition) is 0. The summed E-state index contributed by atoms with van der Waals surface area (Å²) in [6, 6.07) is 0.707. The van der Waals surface area contributed by atoms with Gasteiger partial charge < -0.3 is 9.80 Å². The first-order valence-electron chi connectivity index (χ1n) is 11.4. The standard InChI is InChI=1S/C22H37N5O/c1-15(2)13-19-22-23-21(18-5-6-18)24-27(22)12-11-26(19)20(28)14-17-7-9-25(10-8-17)16(3)4/h15-19H,5-14H2,1-4H3/t19-/m0/s1. The molecule has 1 atom stereocenters. The second kappa shape index (κ2) is 8.13. The van der Waals surface area contributed by atoms with Crippen molar-refractivity contribution in [3.63, 3.8) is 0 Å². The van der Waals surface area contributed by atoms with Gasteiger partial charge in [0.05, 0.1) is 12.6 Å². The molecule has 1 aromatic heterocycles. The number of likely N-dealkylation sites (tertiary alicyclic amines) is 1. The van der Waals surface area contributed by atoms with Crippen LogP contribution in [0.1, 0.15) is 89.8 Å². The van der Waals surface area contributed by atoms with Crippen molar-refractivity contribution >= 4 is 5.91 Å². The van der Waals surface area contributed by atoms with Crippen molar-refractivity contribution in [2.24, 2.45) is 11.8 Å². The Morgan fingerprint density at radius 3 is 2.36 bits per heavy atom. The van der Waals surface area contributed by atoms with Gasteiger partial charge in [-0.3, -0.25) is 4.79 Å². The number of fused-ring (bicyclic) bond motifs is 1. The highest BCUT2D eigenvalue weighted by Crippen LogP contribution is 2.40. The van der Waals surface area contributed by atoms with E-state index in [0.29, 0.717) is 36.1 Å². The smallest absolute Gasteiger partial charge is 0.223 e. The lowest BCUT2D eigenvalue weighted by Gasteiger charge is -2.38. The highest BCUT2D eigenvalue weighted by Gasteiger charge is 2.37. The van der Waals surface area contributed by atoms with Gasteiger partial charge in [0, 0.05) is 24.9 Å². The Morgan fingerprint density at radius 2 is 1.75 bits per heavy atom. The maximum absolute atomic E-state index is 13.3. The minimum atomic E-state index is 0.0944. The molecule has 0 radical (unpaired) electrons. The minimum Gasteiger partial charge on any atom is -0.331 e. The van der Waals surface area contributed by atoms with Gasteiger partial charge in [0.15, 0.2) is 5.82 Å². The van der Waals surface area contributed by atoms with Gasteiger partial charge in [-0.2, -0.15) is 5.10 Å². The van der Waals surface area contributed by atoms with Crippen LogP contribution < -0.4 is 0 Å². The number of aromatic nitrogens is 3. The molecule has 0 aromatic carbocycles. The van der Waals surface area contributed by atoms with E-state index in [1.54, 1.807) is 0 Å². The molecule has 0 N–H and O–H groups in total. The third-order valence-corrected chi connectivity index (χ3v) is 6.74. The summed E-state index contributed by atoms with van der Waals surface area (Å²) >= 11 is 0. The monoisotopic (exact) mass is 387 g/mol. The molecule has 28 heavy (non-hydrogen) atoms. The van der Waals surface area contributed by atoms with Crippen LogP contribution in [0.4, 0.5) is 0 Å². The fraction of sp³-hybridized carbons (Fsp3) is 0.864. The first kappa shape index (κ1) is 19.9. The third kappa shape index (κ3) is 4.27. The van der Waals surface area contributed by atoms with Gasteiger partial charge in [0.25, 0.3) is 0 Å². The molecule has 3 aliphatic rings. The van der Waals surface area contributed by atoms with Crippen LogP contribution in [0.15, 0.2) is 0 Å². The van der Waals surface area contributed by atoms with E-state index >= 15 is 0 Å². The predicted octanol–water partition coefficient (Wildman–Crippen LogP) is 3.60. The molecule has 0 spiro atoms. The van der Waals surface area contributed by atoms with Crippen LogP contribution in [-0.4, -0.2) is 56.1 Å². The quantitative estimate of drug-likeness (QED) is 0.748. The van der Waals surface area contributed by atoms with E-state index in [1.165, 1.54) is 12.8 Å². The van der Waals surface area contributed by atoms with E-state index in [-0.39, 0.29) is 6.04 Å². The van der Waals surface area contributed by atoms with Crippen molar-refractivity contribution in [2.45, 2.75) is 90.8 Å². The van der Waals surface area contributed by atoms with E-state index in [1.807, 2.05) is 0 Å². The molecule has 1 saturated carbocycles. The zero-order valence-electron chi connectivity index (χ0n) is 18.1. The molecular formula is C22H37N5O. The van der Waals surface area contributed by atoms with Gasteiger partial charge in [0.1, 0.15) is 5.82 Å². The van der Waals surface area contributed by atoms with Crippen molar-refractivity contribution in [1.29, 1.82) is 0 Å². The molecule has 4 rings (SSSR count). The molecular weight excluding hydrogens is 350 g/mol. The lowest BCUT2D eigenvalue weighted by atomic mass is 9.91. The number of carbonyl (C=O) groups excluding carboxylic acids is 1. The molecule has 3 heterocycles. The molecule has 1 amide bonds. The Bertz CT molecular complexity index is 685. The summed E-state index contributed by atoms with van der Waals surface area (Å²) in [4.78, 5) is 22.9. The summed E-state index contributed by atoms with van der Waals surface area (Å²) < 4.78 is 2.09. The minimum absolute atomic E-state index is 0.0944. The number of piperidine rings is 1. The largest absolute Gasteiger partial charge is 0.331 e. The predicted molar refractivity (Wildman–Crippen MR) is 110 cm³/mol. The maximum Gasteiger partial charge on any atom is 0.223 e. The second-order valence-electron chi connectivity index (χ2n) is 9.84. The van der Waals surface area contributed by atoms with Gasteiger partial charge in [-0.05, 0) is 70.9 Å². The Balaban J connectivity index is 1.44. The van der Waals surface area contributed by atoms with Crippen LogP contribution in [0.2, 0.25) is 0 Å². The fourth-order valence-electron chi connectivity index (χ4n) is 4.81. The molecule has 0 unspecified atom stereocenters. The van der Waals surface area contributed by atoms with E-state index in [0.717, 1.165) is 57.1 Å². The molecule has 0 bridgehead atoms. The van der Waals surface area contributed by atoms with Crippen LogP contribution >= 0.6 is 0 Å². The molecule has 2 fully saturated rings. The highest BCUT2D eigenvalue weighted by molar-refractivity contribution is 5.77. The lowest BCUT2D eigenvalue weighted by Crippen LogP contribution is -2.45. The summed E-state index contributed by atoms with van der Waals surface area (Å²) in [5.74, 6) is 4.00. The zero-order valence-corrected chi connectivity index (χ0v) is 18.1. The van der Waals surface area contributed by atoms with Crippen LogP contribution in [0.5, 0.6) is 0 Å². The van der Waals surface area contributed by atoms with Gasteiger partial charge >= 0.3 is 0 Å². The van der Waals surface area contributed by atoms with Crippen molar-refractivity contribution < 1.29 is 4.79 Å². The second-order valence-corrected chi connectivity index (χ2v) is 9.84. The number of carbonyl (C=O) groups is 1. The van der Waals surface area contributed by atoms with E-state index in [4.69, 9.17) is 10.1 Å². The summed E-state index contributed by atoms with van der Waals surface area (Å²) in [7, 11) is 0. The third-order valence-electron chi connectivity index (χ3n) is 6.74. The fourth-order valence-corrected chi connectivity index (χ4v) is 4.81. The zero-order chi connectivity index (χ0) is 19.8. The first-order valence-corrected chi connectivity index (χ1v) is 11.4. The molecule has 1 saturated heterocycles. The molecule has 2 aliphatic heterocycles. The van der Waals surface area contributed by atoms with Crippen LogP contribution in [0.25, 0.3) is 0 Å². The number of amides is 1. The summed E-state index contributed by atoms with van der Waals surface area (Å²) in [6.07, 6.45) is 6.40. The first-order chi connectivity index (χ1) is 13.4. The number of hydrogen-bond acceptors (Lipinski definition) is 4. The van der Waals surface area contributed by atoms with E-state index in [2.05, 4.69) is 42.2 Å². The average Bonchev–Trinajstić information content (AvgIpc) is 3.41. The molecule has 1 aliphatic carbocycles. The van der Waals surface area contributed by atoms with Gasteiger partial charge in [-0.1, -0.05) is 13.8 Å². The number of nitrogens with zero attached hydrogens (tertiary/aromatic N) is 5. The molecule has 156 valence electrons. The van der Waals surface area contributed by atoms with Gasteiger partial charge in [0.2, 0.25) is 5.91 Å². The Hall–Kier alpha value is -1.43. The average molecular weight is 388 g/mol. The van der Waals surface area contributed by atoms with Crippen LogP contribution in [0, 0.1) is 11.8 Å². The summed E-state index contributed by atoms with van der Waals surface area (Å²) in [6.45, 7) is 12.8. The Labute approximate surface area is 169 Å². The normalized spacial score (nSPS) is 24.2. The Kier molecular flexibility index (Phi) is 5.77. The molecule has 6 nitrogen and oxygen atoms in total. The number of rotatable bonds is 6. The van der Waals surface area contributed by atoms with E-state index in [9.17, 15) is 4.79 Å². The maximum atomic E-state index is 13.3. The summed E-state index contributed by atoms with van der Waals surface area (Å²) in [5.41, 5.74) is 0.